The second kappa shape index (κ2) is 6.98. The van der Waals surface area contributed by atoms with Gasteiger partial charge in [0.05, 0.1) is 0 Å². The van der Waals surface area contributed by atoms with Crippen LogP contribution in [-0.4, -0.2) is 7.05 Å². The molecular weight excluding hydrogens is 293 g/mol. The summed E-state index contributed by atoms with van der Waals surface area (Å²) in [5.74, 6) is 0.838. The Labute approximate surface area is 129 Å². The van der Waals surface area contributed by atoms with Crippen LogP contribution in [0.1, 0.15) is 24.1 Å². The molecule has 2 aromatic carbocycles. The van der Waals surface area contributed by atoms with Crippen molar-refractivity contribution in [3.8, 4) is 5.75 Å². The number of hydrogen-bond donors (Lipinski definition) is 1. The average molecular weight is 310 g/mol. The van der Waals surface area contributed by atoms with Crippen molar-refractivity contribution < 1.29 is 4.74 Å². The van der Waals surface area contributed by atoms with Crippen LogP contribution in [0.4, 0.5) is 0 Å². The molecule has 0 aliphatic rings. The first-order chi connectivity index (χ1) is 9.63. The highest BCUT2D eigenvalue weighted by Crippen LogP contribution is 2.29. The minimum atomic E-state index is 0.216. The lowest BCUT2D eigenvalue weighted by atomic mass is 10.1. The normalized spacial score (nSPS) is 12.2. The van der Waals surface area contributed by atoms with Crippen molar-refractivity contribution >= 4 is 23.2 Å². The van der Waals surface area contributed by atoms with Gasteiger partial charge in [-0.15, -0.1) is 0 Å². The molecule has 106 valence electrons. The van der Waals surface area contributed by atoms with E-state index in [4.69, 9.17) is 27.9 Å². The Balaban J connectivity index is 2.19. The minimum absolute atomic E-state index is 0.216. The van der Waals surface area contributed by atoms with Crippen LogP contribution < -0.4 is 10.1 Å². The van der Waals surface area contributed by atoms with Gasteiger partial charge in [-0.25, -0.2) is 0 Å². The highest BCUT2D eigenvalue weighted by atomic mass is 35.5. The molecule has 1 N–H and O–H groups in total. The summed E-state index contributed by atoms with van der Waals surface area (Å²) < 4.78 is 5.90. The lowest BCUT2D eigenvalue weighted by Gasteiger charge is -2.17. The van der Waals surface area contributed by atoms with E-state index in [9.17, 15) is 0 Å². The number of nitrogens with one attached hydrogen (secondary N) is 1. The zero-order valence-corrected chi connectivity index (χ0v) is 13.0. The number of ether oxygens (including phenoxy) is 1. The first-order valence-corrected chi connectivity index (χ1v) is 7.21. The fraction of sp³-hybridized carbons (Fsp3) is 0.250. The summed E-state index contributed by atoms with van der Waals surface area (Å²) in [6.45, 7) is 2.44. The summed E-state index contributed by atoms with van der Waals surface area (Å²) in [5, 5.41) is 4.45. The molecule has 0 aliphatic heterocycles. The van der Waals surface area contributed by atoms with Crippen LogP contribution >= 0.6 is 23.2 Å². The van der Waals surface area contributed by atoms with Crippen LogP contribution in [0.15, 0.2) is 42.5 Å². The van der Waals surface area contributed by atoms with Crippen LogP contribution in [0.3, 0.4) is 0 Å². The van der Waals surface area contributed by atoms with E-state index in [-0.39, 0.29) is 6.04 Å². The fourth-order valence-electron chi connectivity index (χ4n) is 1.95. The van der Waals surface area contributed by atoms with Gasteiger partial charge in [0.15, 0.2) is 0 Å². The molecule has 0 aromatic heterocycles. The Hall–Kier alpha value is -1.22. The van der Waals surface area contributed by atoms with Gasteiger partial charge in [-0.05, 0) is 32.2 Å². The molecule has 0 fully saturated rings. The van der Waals surface area contributed by atoms with Gasteiger partial charge in [-0.3, -0.25) is 0 Å². The monoisotopic (exact) mass is 309 g/mol. The third kappa shape index (κ3) is 3.45. The Morgan fingerprint density at radius 3 is 2.35 bits per heavy atom. The van der Waals surface area contributed by atoms with E-state index in [1.165, 1.54) is 0 Å². The summed E-state index contributed by atoms with van der Waals surface area (Å²) in [4.78, 5) is 0. The van der Waals surface area contributed by atoms with E-state index in [1.54, 1.807) is 0 Å². The van der Waals surface area contributed by atoms with Crippen molar-refractivity contribution in [2.75, 3.05) is 7.05 Å². The Morgan fingerprint density at radius 2 is 1.70 bits per heavy atom. The number of hydrogen-bond acceptors (Lipinski definition) is 2. The lowest BCUT2D eigenvalue weighted by Crippen LogP contribution is -2.13. The smallest absolute Gasteiger partial charge is 0.124 e. The third-order valence-electron chi connectivity index (χ3n) is 3.25. The molecule has 0 radical (unpaired) electrons. The lowest BCUT2D eigenvalue weighted by molar-refractivity contribution is 0.300. The topological polar surface area (TPSA) is 21.3 Å². The highest BCUT2D eigenvalue weighted by Gasteiger charge is 2.11. The standard InChI is InChI=1S/C16H17Cl2NO/c1-11(19-2)12-6-3-4-9-16(12)20-10-13-14(17)7-5-8-15(13)18/h3-9,11,19H,10H2,1-2H3. The predicted octanol–water partition coefficient (Wildman–Crippen LogP) is 4.85. The maximum atomic E-state index is 6.15. The van der Waals surface area contributed by atoms with Gasteiger partial charge in [-0.1, -0.05) is 47.5 Å². The third-order valence-corrected chi connectivity index (χ3v) is 3.96. The average Bonchev–Trinajstić information content (AvgIpc) is 2.46. The molecule has 0 bridgehead atoms. The fourth-order valence-corrected chi connectivity index (χ4v) is 2.45. The summed E-state index contributed by atoms with van der Waals surface area (Å²) in [5.41, 5.74) is 1.92. The molecule has 2 aromatic rings. The van der Waals surface area contributed by atoms with Gasteiger partial charge in [0.1, 0.15) is 12.4 Å². The quantitative estimate of drug-likeness (QED) is 0.852. The number of rotatable bonds is 5. The SMILES string of the molecule is CNC(C)c1ccccc1OCc1c(Cl)cccc1Cl. The predicted molar refractivity (Wildman–Crippen MR) is 84.7 cm³/mol. The first kappa shape index (κ1) is 15.2. The van der Waals surface area contributed by atoms with Crippen molar-refractivity contribution in [1.82, 2.24) is 5.32 Å². The molecule has 2 rings (SSSR count). The van der Waals surface area contributed by atoms with E-state index in [2.05, 4.69) is 12.2 Å². The van der Waals surface area contributed by atoms with Gasteiger partial charge in [0.25, 0.3) is 0 Å². The Bertz CT molecular complexity index is 566. The highest BCUT2D eigenvalue weighted by molar-refractivity contribution is 6.35. The summed E-state index contributed by atoms with van der Waals surface area (Å²) in [6.07, 6.45) is 0. The Morgan fingerprint density at radius 1 is 1.05 bits per heavy atom. The summed E-state index contributed by atoms with van der Waals surface area (Å²) in [6, 6.07) is 13.6. The van der Waals surface area contributed by atoms with Crippen molar-refractivity contribution in [2.45, 2.75) is 19.6 Å². The van der Waals surface area contributed by atoms with Crippen molar-refractivity contribution in [3.05, 3.63) is 63.6 Å². The Kier molecular flexibility index (Phi) is 5.30. The van der Waals surface area contributed by atoms with Crippen LogP contribution in [0.25, 0.3) is 0 Å². The van der Waals surface area contributed by atoms with Crippen molar-refractivity contribution in [3.63, 3.8) is 0 Å². The second-order valence-electron chi connectivity index (χ2n) is 4.54. The van der Waals surface area contributed by atoms with Gasteiger partial charge in [-0.2, -0.15) is 0 Å². The summed E-state index contributed by atoms with van der Waals surface area (Å²) >= 11 is 12.3. The van der Waals surface area contributed by atoms with Crippen molar-refractivity contribution in [1.29, 1.82) is 0 Å². The molecule has 0 amide bonds. The largest absolute Gasteiger partial charge is 0.488 e. The minimum Gasteiger partial charge on any atom is -0.488 e. The van der Waals surface area contributed by atoms with E-state index >= 15 is 0 Å². The number of benzene rings is 2. The van der Waals surface area contributed by atoms with E-state index < -0.39 is 0 Å². The molecule has 0 saturated heterocycles. The maximum absolute atomic E-state index is 6.15. The summed E-state index contributed by atoms with van der Waals surface area (Å²) in [7, 11) is 1.92. The van der Waals surface area contributed by atoms with Crippen LogP contribution in [-0.2, 0) is 6.61 Å². The van der Waals surface area contributed by atoms with E-state index in [0.717, 1.165) is 16.9 Å². The van der Waals surface area contributed by atoms with Gasteiger partial charge >= 0.3 is 0 Å². The number of para-hydroxylation sites is 1. The van der Waals surface area contributed by atoms with Crippen molar-refractivity contribution in [2.24, 2.45) is 0 Å². The van der Waals surface area contributed by atoms with Gasteiger partial charge in [0, 0.05) is 27.2 Å². The molecule has 1 unspecified atom stereocenters. The number of halogens is 2. The molecule has 0 heterocycles. The van der Waals surface area contributed by atoms with E-state index in [0.29, 0.717) is 16.7 Å². The first-order valence-electron chi connectivity index (χ1n) is 6.45. The zero-order valence-electron chi connectivity index (χ0n) is 11.5. The molecule has 1 atom stereocenters. The molecule has 20 heavy (non-hydrogen) atoms. The molecule has 0 spiro atoms. The second-order valence-corrected chi connectivity index (χ2v) is 5.35. The molecular formula is C16H17Cl2NO. The molecule has 0 aliphatic carbocycles. The molecule has 4 heteroatoms. The maximum Gasteiger partial charge on any atom is 0.124 e. The van der Waals surface area contributed by atoms with E-state index in [1.807, 2.05) is 49.5 Å². The molecule has 2 nitrogen and oxygen atoms in total. The zero-order chi connectivity index (χ0) is 14.5. The van der Waals surface area contributed by atoms with Gasteiger partial charge in [0.2, 0.25) is 0 Å². The molecule has 0 saturated carbocycles. The van der Waals surface area contributed by atoms with Crippen LogP contribution in [0.2, 0.25) is 10.0 Å². The van der Waals surface area contributed by atoms with Crippen LogP contribution in [0.5, 0.6) is 5.75 Å². The van der Waals surface area contributed by atoms with Gasteiger partial charge < -0.3 is 10.1 Å². The van der Waals surface area contributed by atoms with Crippen LogP contribution in [0, 0.1) is 0 Å².